The highest BCUT2D eigenvalue weighted by molar-refractivity contribution is 7.66. The molecule has 2 amide bonds. The zero-order valence-corrected chi connectivity index (χ0v) is 17.3. The predicted molar refractivity (Wildman–Crippen MR) is 109 cm³/mol. The molecule has 0 spiro atoms. The summed E-state index contributed by atoms with van der Waals surface area (Å²) < 4.78 is 13.7. The monoisotopic (exact) mass is 402 g/mol. The highest BCUT2D eigenvalue weighted by atomic mass is 31.2. The number of hydrogen-bond donors (Lipinski definition) is 0. The topological polar surface area (TPSA) is 56.3 Å². The first kappa shape index (κ1) is 18.2. The molecule has 2 atom stereocenters. The molecule has 2 aromatic carbocycles. The molecule has 0 saturated heterocycles. The number of carbonyl (C=O) groups is 2. The summed E-state index contributed by atoms with van der Waals surface area (Å²) in [7, 11) is 4.54. The van der Waals surface area contributed by atoms with Crippen LogP contribution in [0.5, 0.6) is 0 Å². The molecule has 0 bridgehead atoms. The predicted octanol–water partition coefficient (Wildman–Crippen LogP) is 3.90. The fourth-order valence-electron chi connectivity index (χ4n) is 3.25. The molecule has 140 valence electrons. The number of carbonyl (C=O) groups excluding carboxylic acids is 2. The van der Waals surface area contributed by atoms with Crippen molar-refractivity contribution in [3.8, 4) is 0 Å². The lowest BCUT2D eigenvalue weighted by atomic mass is 10.1. The Balaban J connectivity index is 1.68. The molecule has 2 aliphatic heterocycles. The van der Waals surface area contributed by atoms with Crippen molar-refractivity contribution in [3.63, 3.8) is 0 Å². The average molecular weight is 402 g/mol. The van der Waals surface area contributed by atoms with Crippen LogP contribution in [0.25, 0.3) is 0 Å². The average Bonchev–Trinajstić information content (AvgIpc) is 2.70. The van der Waals surface area contributed by atoms with Gasteiger partial charge in [-0.2, -0.15) is 0 Å². The van der Waals surface area contributed by atoms with Crippen molar-refractivity contribution in [2.24, 2.45) is 0 Å². The SMILES string of the molecule is CN1C(=O)c2ccccc2N(C)P1OP1N(C)C(=O)c2ccccc2N1C. The second-order valence-electron chi connectivity index (χ2n) is 6.33. The Hall–Kier alpha value is -2.20. The van der Waals surface area contributed by atoms with Gasteiger partial charge in [0.15, 0.2) is 0 Å². The maximum Gasteiger partial charge on any atom is 0.261 e. The fraction of sp³-hybridized carbons (Fsp3) is 0.222. The van der Waals surface area contributed by atoms with E-state index in [0.717, 1.165) is 11.4 Å². The van der Waals surface area contributed by atoms with Crippen molar-refractivity contribution in [2.75, 3.05) is 37.5 Å². The van der Waals surface area contributed by atoms with Crippen molar-refractivity contribution in [3.05, 3.63) is 59.7 Å². The third-order valence-electron chi connectivity index (χ3n) is 4.73. The molecule has 2 aliphatic rings. The van der Waals surface area contributed by atoms with Crippen LogP contribution < -0.4 is 9.34 Å². The van der Waals surface area contributed by atoms with Gasteiger partial charge in [-0.3, -0.25) is 23.2 Å². The van der Waals surface area contributed by atoms with Crippen LogP contribution in [0.3, 0.4) is 0 Å². The van der Waals surface area contributed by atoms with E-state index in [9.17, 15) is 9.59 Å². The maximum atomic E-state index is 12.8. The highest BCUT2D eigenvalue weighted by Gasteiger charge is 2.42. The van der Waals surface area contributed by atoms with Gasteiger partial charge in [0.2, 0.25) is 0 Å². The minimum absolute atomic E-state index is 0.0705. The quantitative estimate of drug-likeness (QED) is 0.714. The van der Waals surface area contributed by atoms with E-state index in [1.807, 2.05) is 72.0 Å². The van der Waals surface area contributed by atoms with Crippen LogP contribution in [-0.2, 0) is 4.31 Å². The van der Waals surface area contributed by atoms with Gasteiger partial charge in [-0.25, -0.2) is 0 Å². The summed E-state index contributed by atoms with van der Waals surface area (Å²) in [5, 5.41) is 0. The van der Waals surface area contributed by atoms with Crippen LogP contribution in [0.1, 0.15) is 20.7 Å². The Morgan fingerprint density at radius 2 is 1.00 bits per heavy atom. The number of amides is 2. The first-order valence-corrected chi connectivity index (χ1v) is 10.7. The first-order valence-electron chi connectivity index (χ1n) is 8.41. The molecule has 2 heterocycles. The number of nitrogens with zero attached hydrogens (tertiary/aromatic N) is 4. The van der Waals surface area contributed by atoms with Gasteiger partial charge in [0.25, 0.3) is 28.7 Å². The van der Waals surface area contributed by atoms with Crippen molar-refractivity contribution < 1.29 is 13.9 Å². The maximum absolute atomic E-state index is 12.8. The van der Waals surface area contributed by atoms with Gasteiger partial charge in [-0.1, -0.05) is 24.3 Å². The number of para-hydroxylation sites is 2. The van der Waals surface area contributed by atoms with Crippen molar-refractivity contribution >= 4 is 40.1 Å². The van der Waals surface area contributed by atoms with Crippen molar-refractivity contribution in [1.82, 2.24) is 9.34 Å². The van der Waals surface area contributed by atoms with Crippen LogP contribution in [0, 0.1) is 0 Å². The Bertz CT molecular complexity index is 851. The van der Waals surface area contributed by atoms with E-state index in [1.165, 1.54) is 0 Å². The zero-order chi connectivity index (χ0) is 19.3. The molecule has 0 radical (unpaired) electrons. The second-order valence-corrected chi connectivity index (χ2v) is 10.4. The van der Waals surface area contributed by atoms with E-state index in [0.29, 0.717) is 11.1 Å². The third-order valence-corrected chi connectivity index (χ3v) is 8.74. The summed E-state index contributed by atoms with van der Waals surface area (Å²) in [6.45, 7) is 0. The van der Waals surface area contributed by atoms with E-state index in [2.05, 4.69) is 0 Å². The number of fused-ring (bicyclic) bond motifs is 2. The van der Waals surface area contributed by atoms with Crippen LogP contribution in [0.4, 0.5) is 11.4 Å². The van der Waals surface area contributed by atoms with E-state index in [4.69, 9.17) is 4.31 Å². The Labute approximate surface area is 161 Å². The molecule has 0 fully saturated rings. The van der Waals surface area contributed by atoms with Crippen LogP contribution in [0.15, 0.2) is 48.5 Å². The third kappa shape index (κ3) is 2.78. The minimum Gasteiger partial charge on any atom is -0.313 e. The van der Waals surface area contributed by atoms with E-state index >= 15 is 0 Å². The summed E-state index contributed by atoms with van der Waals surface area (Å²) in [6.07, 6.45) is 0. The molecule has 2 aromatic rings. The molecular weight excluding hydrogens is 382 g/mol. The summed E-state index contributed by atoms with van der Waals surface area (Å²) in [4.78, 5) is 25.6. The van der Waals surface area contributed by atoms with Gasteiger partial charge in [0, 0.05) is 28.2 Å². The van der Waals surface area contributed by atoms with Gasteiger partial charge >= 0.3 is 0 Å². The summed E-state index contributed by atoms with van der Waals surface area (Å²) in [5.74, 6) is -0.141. The number of benzene rings is 2. The van der Waals surface area contributed by atoms with E-state index in [1.54, 1.807) is 23.4 Å². The molecule has 0 aliphatic carbocycles. The number of hydrogen-bond acceptors (Lipinski definition) is 5. The Kier molecular flexibility index (Phi) is 4.55. The first-order chi connectivity index (χ1) is 12.9. The highest BCUT2D eigenvalue weighted by Crippen LogP contribution is 2.64. The fourth-order valence-corrected chi connectivity index (χ4v) is 7.57. The molecule has 27 heavy (non-hydrogen) atoms. The summed E-state index contributed by atoms with van der Waals surface area (Å²) in [6, 6.07) is 15.0. The largest absolute Gasteiger partial charge is 0.313 e. The number of rotatable bonds is 2. The molecule has 4 rings (SSSR count). The minimum atomic E-state index is -1.39. The van der Waals surface area contributed by atoms with Crippen molar-refractivity contribution in [2.45, 2.75) is 0 Å². The Morgan fingerprint density at radius 3 is 1.41 bits per heavy atom. The van der Waals surface area contributed by atoms with Gasteiger partial charge in [0.1, 0.15) is 0 Å². The van der Waals surface area contributed by atoms with Gasteiger partial charge in [-0.05, 0) is 24.3 Å². The number of anilines is 2. The lowest BCUT2D eigenvalue weighted by Gasteiger charge is -2.45. The molecule has 2 unspecified atom stereocenters. The molecular formula is C18H20N4O3P2. The summed E-state index contributed by atoms with van der Waals surface area (Å²) in [5.41, 5.74) is 3.00. The molecule has 0 N–H and O–H groups in total. The Morgan fingerprint density at radius 1 is 0.630 bits per heavy atom. The van der Waals surface area contributed by atoms with E-state index in [-0.39, 0.29) is 11.8 Å². The van der Waals surface area contributed by atoms with Crippen LogP contribution in [-0.4, -0.2) is 49.3 Å². The molecule has 0 saturated carbocycles. The van der Waals surface area contributed by atoms with E-state index < -0.39 is 16.9 Å². The van der Waals surface area contributed by atoms with Gasteiger partial charge in [0.05, 0.1) is 22.5 Å². The molecule has 7 nitrogen and oxygen atoms in total. The molecule has 0 aromatic heterocycles. The lowest BCUT2D eigenvalue weighted by molar-refractivity contribution is 0.0876. The zero-order valence-electron chi connectivity index (χ0n) is 15.5. The smallest absolute Gasteiger partial charge is 0.261 e. The molecule has 9 heteroatoms. The lowest BCUT2D eigenvalue weighted by Crippen LogP contribution is -2.39. The van der Waals surface area contributed by atoms with Gasteiger partial charge < -0.3 is 9.34 Å². The normalized spacial score (nSPS) is 22.1. The summed E-state index contributed by atoms with van der Waals surface area (Å²) >= 11 is 0. The van der Waals surface area contributed by atoms with Crippen molar-refractivity contribution in [1.29, 1.82) is 0 Å². The van der Waals surface area contributed by atoms with Crippen LogP contribution in [0.2, 0.25) is 0 Å². The standard InChI is InChI=1S/C18H20N4O3P2/c1-19-15-11-7-5-9-13(15)17(23)21(3)26(19)25-27-20(2)16-12-8-6-10-14(16)18(24)22(27)4/h5-12H,1-4H3. The van der Waals surface area contributed by atoms with Crippen LogP contribution >= 0.6 is 16.9 Å². The second kappa shape index (κ2) is 6.75. The van der Waals surface area contributed by atoms with Gasteiger partial charge in [-0.15, -0.1) is 0 Å².